The summed E-state index contributed by atoms with van der Waals surface area (Å²) in [5.74, 6) is 0. The minimum atomic E-state index is 0. The molecule has 0 amide bonds. The summed E-state index contributed by atoms with van der Waals surface area (Å²) >= 11 is 0. The quantitative estimate of drug-likeness (QED) is 0.130. The van der Waals surface area contributed by atoms with Crippen LogP contribution in [0.4, 0.5) is 0 Å². The van der Waals surface area contributed by atoms with Crippen molar-refractivity contribution in [1.82, 2.24) is 9.97 Å². The molecule has 0 N–H and O–H groups in total. The number of fused-ring (bicyclic) bond motifs is 3. The molecular formula is C45H40Ir2N3-. The summed E-state index contributed by atoms with van der Waals surface area (Å²) in [5, 5.41) is 0. The van der Waals surface area contributed by atoms with Gasteiger partial charge in [-0.25, -0.2) is 0 Å². The van der Waals surface area contributed by atoms with Crippen LogP contribution in [0.2, 0.25) is 0 Å². The predicted molar refractivity (Wildman–Crippen MR) is 197 cm³/mol. The summed E-state index contributed by atoms with van der Waals surface area (Å²) in [6.45, 7) is 11.6. The molecule has 1 aliphatic rings. The normalized spacial score (nSPS) is 10.5. The van der Waals surface area contributed by atoms with E-state index in [0.29, 0.717) is 0 Å². The molecule has 0 saturated heterocycles. The second-order valence-corrected chi connectivity index (χ2v) is 12.3. The van der Waals surface area contributed by atoms with Crippen molar-refractivity contribution >= 4 is 0 Å². The Kier molecular flexibility index (Phi) is 13.9. The van der Waals surface area contributed by atoms with Crippen molar-refractivity contribution in [3.8, 4) is 44.9 Å². The van der Waals surface area contributed by atoms with Crippen molar-refractivity contribution in [2.24, 2.45) is 0 Å². The fourth-order valence-electron chi connectivity index (χ4n) is 6.29. The van der Waals surface area contributed by atoms with Crippen molar-refractivity contribution in [2.75, 3.05) is 0 Å². The van der Waals surface area contributed by atoms with Gasteiger partial charge in [0, 0.05) is 69.8 Å². The molecule has 4 aromatic carbocycles. The van der Waals surface area contributed by atoms with Crippen molar-refractivity contribution in [1.29, 1.82) is 0 Å². The maximum absolute atomic E-state index is 4.30. The van der Waals surface area contributed by atoms with E-state index in [1.54, 1.807) is 12.4 Å². The third kappa shape index (κ3) is 9.24. The van der Waals surface area contributed by atoms with E-state index in [9.17, 15) is 0 Å². The zero-order chi connectivity index (χ0) is 33.5. The van der Waals surface area contributed by atoms with Gasteiger partial charge in [0.2, 0.25) is 5.69 Å². The van der Waals surface area contributed by atoms with E-state index < -0.39 is 0 Å². The third-order valence-corrected chi connectivity index (χ3v) is 8.50. The van der Waals surface area contributed by atoms with Crippen LogP contribution in [0.15, 0.2) is 140 Å². The molecule has 4 heterocycles. The summed E-state index contributed by atoms with van der Waals surface area (Å²) in [7, 11) is 0. The van der Waals surface area contributed by atoms with Crippen LogP contribution < -0.4 is 4.57 Å². The summed E-state index contributed by atoms with van der Waals surface area (Å²) in [4.78, 5) is 8.58. The van der Waals surface area contributed by atoms with Gasteiger partial charge in [-0.1, -0.05) is 81.4 Å². The van der Waals surface area contributed by atoms with E-state index in [1.165, 1.54) is 50.2 Å². The summed E-state index contributed by atoms with van der Waals surface area (Å²) in [6.07, 6.45) is 5.90. The molecule has 1 aliphatic heterocycles. The van der Waals surface area contributed by atoms with Gasteiger partial charge in [-0.15, -0.1) is 70.3 Å². The Labute approximate surface area is 324 Å². The minimum absolute atomic E-state index is 0. The van der Waals surface area contributed by atoms with Crippen molar-refractivity contribution in [2.45, 2.75) is 41.2 Å². The van der Waals surface area contributed by atoms with E-state index in [-0.39, 0.29) is 40.2 Å². The van der Waals surface area contributed by atoms with E-state index >= 15 is 0 Å². The number of pyridine rings is 3. The third-order valence-electron chi connectivity index (χ3n) is 8.50. The van der Waals surface area contributed by atoms with Crippen LogP contribution in [0.3, 0.4) is 0 Å². The molecule has 7 aromatic rings. The Hall–Kier alpha value is -4.37. The first-order valence-electron chi connectivity index (χ1n) is 16.4. The molecule has 0 bridgehead atoms. The van der Waals surface area contributed by atoms with Crippen LogP contribution in [-0.2, 0) is 46.8 Å². The van der Waals surface area contributed by atoms with E-state index in [1.807, 2.05) is 48.5 Å². The molecule has 0 saturated carbocycles. The predicted octanol–water partition coefficient (Wildman–Crippen LogP) is 10.3. The number of nitrogens with zero attached hydrogens (tertiary/aromatic N) is 3. The molecule has 3 nitrogen and oxygen atoms in total. The smallest absolute Gasteiger partial charge is 0.213 e. The molecule has 0 spiro atoms. The second kappa shape index (κ2) is 18.0. The minimum Gasteiger partial charge on any atom is -0.305 e. The van der Waals surface area contributed by atoms with Crippen LogP contribution in [0.1, 0.15) is 33.4 Å². The number of rotatable bonds is 3. The Bertz CT molecular complexity index is 2120. The van der Waals surface area contributed by atoms with Gasteiger partial charge in [0.1, 0.15) is 0 Å². The molecule has 0 atom stereocenters. The monoisotopic (exact) mass is 1010 g/mol. The van der Waals surface area contributed by atoms with Gasteiger partial charge >= 0.3 is 0 Å². The molecule has 0 unspecified atom stereocenters. The summed E-state index contributed by atoms with van der Waals surface area (Å²) < 4.78 is 2.37. The second-order valence-electron chi connectivity index (χ2n) is 12.3. The number of benzene rings is 4. The molecule has 5 heteroatoms. The molecule has 0 aliphatic carbocycles. The topological polar surface area (TPSA) is 29.7 Å². The van der Waals surface area contributed by atoms with Gasteiger partial charge in [-0.2, -0.15) is 4.57 Å². The summed E-state index contributed by atoms with van der Waals surface area (Å²) in [6, 6.07) is 48.2. The summed E-state index contributed by atoms with van der Waals surface area (Å²) in [5.41, 5.74) is 17.2. The zero-order valence-electron chi connectivity index (χ0n) is 29.0. The molecular weight excluding hydrogens is 967 g/mol. The largest absolute Gasteiger partial charge is 0.305 e. The van der Waals surface area contributed by atoms with Crippen molar-refractivity contribution < 1.29 is 44.8 Å². The van der Waals surface area contributed by atoms with E-state index in [0.717, 1.165) is 34.6 Å². The molecule has 2 radical (unpaired) electrons. The zero-order valence-corrected chi connectivity index (χ0v) is 33.8. The van der Waals surface area contributed by atoms with Gasteiger partial charge in [-0.3, -0.25) is 0 Å². The van der Waals surface area contributed by atoms with Crippen LogP contribution in [0.5, 0.6) is 0 Å². The Morgan fingerprint density at radius 2 is 1.28 bits per heavy atom. The number of aryl methyl sites for hydroxylation is 5. The fraction of sp³-hybridized carbons (Fsp3) is 0.133. The fourth-order valence-corrected chi connectivity index (χ4v) is 6.29. The average Bonchev–Trinajstić information content (AvgIpc) is 3.47. The first-order chi connectivity index (χ1) is 23.4. The number of hydrogen-bond donors (Lipinski definition) is 0. The molecule has 8 rings (SSSR count). The van der Waals surface area contributed by atoms with Crippen molar-refractivity contribution in [3.05, 3.63) is 185 Å². The first-order valence-corrected chi connectivity index (χ1v) is 16.4. The number of hydrogen-bond acceptors (Lipinski definition) is 2. The number of aromatic nitrogens is 3. The van der Waals surface area contributed by atoms with Crippen molar-refractivity contribution in [3.63, 3.8) is 0 Å². The standard InChI is InChI=1S/C20H18N.C13H12N.C12H10N.2Ir/c1-14-6-5-7-15(2)20(14)17-10-11-19-18-9-4-3-8-16(18)12-21(19)13-17;1-10-7-11(2)9-12(8-10)13-5-3-4-6-14-13;1-10-6-2-3-7-11(10)12-8-4-5-9-13-12;;/h3-11,13H,12H2,1-2H3;3-8H,1-2H3;2-6,8-9H,1H3;;/q+1;2*-1;;. The molecule has 3 aromatic heterocycles. The maximum atomic E-state index is 4.30. The van der Waals surface area contributed by atoms with Gasteiger partial charge < -0.3 is 9.97 Å². The van der Waals surface area contributed by atoms with E-state index in [4.69, 9.17) is 0 Å². The molecule has 50 heavy (non-hydrogen) atoms. The van der Waals surface area contributed by atoms with Crippen LogP contribution in [0.25, 0.3) is 44.9 Å². The average molecular weight is 1010 g/mol. The van der Waals surface area contributed by atoms with Gasteiger partial charge in [-0.05, 0) is 66.2 Å². The molecule has 254 valence electrons. The van der Waals surface area contributed by atoms with E-state index in [2.05, 4.69) is 140 Å². The maximum Gasteiger partial charge on any atom is 0.213 e. The Balaban J connectivity index is 0.000000172. The van der Waals surface area contributed by atoms with Crippen LogP contribution in [-0.4, -0.2) is 9.97 Å². The van der Waals surface area contributed by atoms with Gasteiger partial charge in [0.25, 0.3) is 0 Å². The van der Waals surface area contributed by atoms with Crippen LogP contribution >= 0.6 is 0 Å². The van der Waals surface area contributed by atoms with Crippen LogP contribution in [0, 0.1) is 46.8 Å². The Morgan fingerprint density at radius 3 is 1.94 bits per heavy atom. The first kappa shape index (κ1) is 38.4. The SMILES string of the molecule is Cc1[c-]c(-c2ccccn2)cc(C)c1.Cc1ccc[c-]c1-c1ccccn1.Cc1cccc(C)c1-c1ccc2[n+](c1)Cc1ccccc1-2.[Ir].[Ir]. The Morgan fingerprint density at radius 1 is 0.620 bits per heavy atom. The van der Waals surface area contributed by atoms with Gasteiger partial charge in [0.05, 0.1) is 5.56 Å². The molecule has 0 fully saturated rings. The van der Waals surface area contributed by atoms with Gasteiger partial charge in [0.15, 0.2) is 12.7 Å².